The van der Waals surface area contributed by atoms with Gasteiger partial charge in [-0.1, -0.05) is 60.7 Å². The first-order valence-corrected chi connectivity index (χ1v) is 7.42. The molecule has 4 heteroatoms. The van der Waals surface area contributed by atoms with E-state index in [0.29, 0.717) is 6.42 Å². The first-order chi connectivity index (χ1) is 10.6. The Morgan fingerprint density at radius 2 is 1.55 bits per heavy atom. The number of carbonyl (C=O) groups is 1. The molecule has 2 rings (SSSR count). The Bertz CT molecular complexity index is 587. The van der Waals surface area contributed by atoms with E-state index in [1.54, 1.807) is 0 Å². The minimum Gasteiger partial charge on any atom is -0.388 e. The fraction of sp³-hybridized carbons (Fsp3) is 0.278. The second kappa shape index (κ2) is 7.73. The molecule has 0 aromatic heterocycles. The minimum absolute atomic E-state index is 0.169. The van der Waals surface area contributed by atoms with Crippen LogP contribution in [0.1, 0.15) is 36.6 Å². The zero-order valence-electron chi connectivity index (χ0n) is 12.6. The van der Waals surface area contributed by atoms with E-state index in [9.17, 15) is 9.90 Å². The first kappa shape index (κ1) is 16.2. The lowest BCUT2D eigenvalue weighted by Gasteiger charge is -2.20. The van der Waals surface area contributed by atoms with Gasteiger partial charge in [-0.15, -0.1) is 0 Å². The summed E-state index contributed by atoms with van der Waals surface area (Å²) in [6.45, 7) is 1.86. The SMILES string of the molecule is CC(CC(O)c1ccccc1)NC(=O)C(N)c1ccccc1. The van der Waals surface area contributed by atoms with E-state index in [1.165, 1.54) is 0 Å². The van der Waals surface area contributed by atoms with Gasteiger partial charge in [0.15, 0.2) is 0 Å². The minimum atomic E-state index is -0.697. The molecule has 0 saturated heterocycles. The third-order valence-corrected chi connectivity index (χ3v) is 3.59. The quantitative estimate of drug-likeness (QED) is 0.766. The van der Waals surface area contributed by atoms with Gasteiger partial charge in [0, 0.05) is 6.04 Å². The molecule has 0 fully saturated rings. The molecule has 0 saturated carbocycles. The zero-order chi connectivity index (χ0) is 15.9. The van der Waals surface area contributed by atoms with Crippen LogP contribution in [0.2, 0.25) is 0 Å². The summed E-state index contributed by atoms with van der Waals surface area (Å²) in [7, 11) is 0. The first-order valence-electron chi connectivity index (χ1n) is 7.42. The lowest BCUT2D eigenvalue weighted by Crippen LogP contribution is -2.40. The average molecular weight is 298 g/mol. The molecule has 3 unspecified atom stereocenters. The maximum atomic E-state index is 12.2. The molecule has 0 aliphatic carbocycles. The number of hydrogen-bond acceptors (Lipinski definition) is 3. The van der Waals surface area contributed by atoms with Crippen molar-refractivity contribution in [1.29, 1.82) is 0 Å². The number of benzene rings is 2. The molecule has 0 aliphatic heterocycles. The van der Waals surface area contributed by atoms with Gasteiger partial charge < -0.3 is 16.2 Å². The Morgan fingerprint density at radius 1 is 1.05 bits per heavy atom. The van der Waals surface area contributed by atoms with Gasteiger partial charge in [-0.3, -0.25) is 4.79 Å². The van der Waals surface area contributed by atoms with E-state index in [-0.39, 0.29) is 11.9 Å². The van der Waals surface area contributed by atoms with Gasteiger partial charge in [0.05, 0.1) is 6.10 Å². The fourth-order valence-corrected chi connectivity index (χ4v) is 2.35. The molecule has 0 aliphatic rings. The number of nitrogens with one attached hydrogen (secondary N) is 1. The van der Waals surface area contributed by atoms with E-state index >= 15 is 0 Å². The van der Waals surface area contributed by atoms with Crippen LogP contribution in [-0.2, 0) is 4.79 Å². The van der Waals surface area contributed by atoms with Crippen LogP contribution < -0.4 is 11.1 Å². The van der Waals surface area contributed by atoms with E-state index in [1.807, 2.05) is 67.6 Å². The molecule has 2 aromatic carbocycles. The standard InChI is InChI=1S/C18H22N2O2/c1-13(12-16(21)14-8-4-2-5-9-14)20-18(22)17(19)15-10-6-3-7-11-15/h2-11,13,16-17,21H,12,19H2,1H3,(H,20,22). The van der Waals surface area contributed by atoms with Gasteiger partial charge in [0.2, 0.25) is 5.91 Å². The van der Waals surface area contributed by atoms with Crippen molar-refractivity contribution in [3.63, 3.8) is 0 Å². The predicted molar refractivity (Wildman–Crippen MR) is 87.0 cm³/mol. The molecule has 1 amide bonds. The molecule has 116 valence electrons. The van der Waals surface area contributed by atoms with Crippen LogP contribution in [0, 0.1) is 0 Å². The summed E-state index contributed by atoms with van der Waals surface area (Å²) in [4.78, 5) is 12.2. The molecule has 3 atom stereocenters. The molecule has 0 radical (unpaired) electrons. The number of rotatable bonds is 6. The maximum Gasteiger partial charge on any atom is 0.241 e. The van der Waals surface area contributed by atoms with Crippen LogP contribution in [-0.4, -0.2) is 17.1 Å². The van der Waals surface area contributed by atoms with Crippen molar-refractivity contribution in [1.82, 2.24) is 5.32 Å². The number of hydrogen-bond donors (Lipinski definition) is 3. The lowest BCUT2D eigenvalue weighted by molar-refractivity contribution is -0.123. The fourth-order valence-electron chi connectivity index (χ4n) is 2.35. The summed E-state index contributed by atoms with van der Waals surface area (Å²) >= 11 is 0. The molecule has 0 heterocycles. The second-order valence-corrected chi connectivity index (χ2v) is 5.46. The van der Waals surface area contributed by atoms with Crippen molar-refractivity contribution in [2.75, 3.05) is 0 Å². The van der Waals surface area contributed by atoms with E-state index in [4.69, 9.17) is 5.73 Å². The van der Waals surface area contributed by atoms with Crippen LogP contribution in [0.15, 0.2) is 60.7 Å². The van der Waals surface area contributed by atoms with Gasteiger partial charge in [-0.2, -0.15) is 0 Å². The van der Waals surface area contributed by atoms with Crippen LogP contribution in [0.3, 0.4) is 0 Å². The monoisotopic (exact) mass is 298 g/mol. The van der Waals surface area contributed by atoms with Gasteiger partial charge >= 0.3 is 0 Å². The third kappa shape index (κ3) is 4.41. The van der Waals surface area contributed by atoms with Crippen molar-refractivity contribution in [2.45, 2.75) is 31.5 Å². The average Bonchev–Trinajstić information content (AvgIpc) is 2.55. The van der Waals surface area contributed by atoms with E-state index in [0.717, 1.165) is 11.1 Å². The Hall–Kier alpha value is -2.17. The Balaban J connectivity index is 1.89. The zero-order valence-corrected chi connectivity index (χ0v) is 12.6. The van der Waals surface area contributed by atoms with Crippen LogP contribution in [0.5, 0.6) is 0 Å². The Labute approximate surface area is 131 Å². The summed E-state index contributed by atoms with van der Waals surface area (Å²) in [6, 6.07) is 17.8. The lowest BCUT2D eigenvalue weighted by atomic mass is 10.0. The van der Waals surface area contributed by atoms with Crippen LogP contribution >= 0.6 is 0 Å². The summed E-state index contributed by atoms with van der Waals surface area (Å²) < 4.78 is 0. The highest BCUT2D eigenvalue weighted by atomic mass is 16.3. The third-order valence-electron chi connectivity index (χ3n) is 3.59. The van der Waals surface area contributed by atoms with E-state index < -0.39 is 12.1 Å². The number of aliphatic hydroxyl groups excluding tert-OH is 1. The Kier molecular flexibility index (Phi) is 5.69. The maximum absolute atomic E-state index is 12.2. The molecular formula is C18H22N2O2. The van der Waals surface area contributed by atoms with Crippen molar-refractivity contribution in [2.24, 2.45) is 5.73 Å². The normalized spacial score (nSPS) is 14.9. The summed E-state index contributed by atoms with van der Waals surface area (Å²) in [5, 5.41) is 13.0. The molecule has 22 heavy (non-hydrogen) atoms. The largest absolute Gasteiger partial charge is 0.388 e. The number of carbonyl (C=O) groups excluding carboxylic acids is 1. The van der Waals surface area contributed by atoms with Gasteiger partial charge in [-0.25, -0.2) is 0 Å². The smallest absolute Gasteiger partial charge is 0.241 e. The summed E-state index contributed by atoms with van der Waals surface area (Å²) in [5.41, 5.74) is 7.57. The van der Waals surface area contributed by atoms with E-state index in [2.05, 4.69) is 5.32 Å². The predicted octanol–water partition coefficient (Wildman–Crippen LogP) is 2.31. The number of aliphatic hydroxyl groups is 1. The van der Waals surface area contributed by atoms with Gasteiger partial charge in [0.1, 0.15) is 6.04 Å². The van der Waals surface area contributed by atoms with Crippen LogP contribution in [0.25, 0.3) is 0 Å². The molecule has 2 aromatic rings. The van der Waals surface area contributed by atoms with Crippen molar-refractivity contribution in [3.8, 4) is 0 Å². The highest BCUT2D eigenvalue weighted by Crippen LogP contribution is 2.18. The topological polar surface area (TPSA) is 75.3 Å². The molecule has 4 nitrogen and oxygen atoms in total. The van der Waals surface area contributed by atoms with Crippen molar-refractivity contribution in [3.05, 3.63) is 71.8 Å². The van der Waals surface area contributed by atoms with Crippen LogP contribution in [0.4, 0.5) is 0 Å². The van der Waals surface area contributed by atoms with Crippen molar-refractivity contribution >= 4 is 5.91 Å². The van der Waals surface area contributed by atoms with Gasteiger partial charge in [-0.05, 0) is 24.5 Å². The molecule has 0 bridgehead atoms. The summed E-state index contributed by atoms with van der Waals surface area (Å²) in [6.07, 6.45) is -0.165. The highest BCUT2D eigenvalue weighted by Gasteiger charge is 2.19. The summed E-state index contributed by atoms with van der Waals surface area (Å²) in [5.74, 6) is -0.237. The molecule has 4 N–H and O–H groups in total. The second-order valence-electron chi connectivity index (χ2n) is 5.46. The highest BCUT2D eigenvalue weighted by molar-refractivity contribution is 5.83. The molecule has 0 spiro atoms. The number of nitrogens with two attached hydrogens (primary N) is 1. The van der Waals surface area contributed by atoms with Gasteiger partial charge in [0.25, 0.3) is 0 Å². The Morgan fingerprint density at radius 3 is 2.09 bits per heavy atom. The van der Waals surface area contributed by atoms with Crippen molar-refractivity contribution < 1.29 is 9.90 Å². The number of amides is 1. The molecular weight excluding hydrogens is 276 g/mol.